The summed E-state index contributed by atoms with van der Waals surface area (Å²) in [6.07, 6.45) is 0.260. The molecule has 0 radical (unpaired) electrons. The highest BCUT2D eigenvalue weighted by molar-refractivity contribution is 5.89. The normalized spacial score (nSPS) is 11.4. The second-order valence-electron chi connectivity index (χ2n) is 7.69. The first kappa shape index (κ1) is 23.7. The minimum absolute atomic E-state index is 0.120. The van der Waals surface area contributed by atoms with Crippen molar-refractivity contribution >= 4 is 17.9 Å². The molecule has 6 nitrogen and oxygen atoms in total. The fraction of sp³-hybridized carbons (Fsp3) is 0.222. The molecule has 1 atom stereocenters. The van der Waals surface area contributed by atoms with Crippen molar-refractivity contribution in [3.63, 3.8) is 0 Å². The first-order valence-corrected chi connectivity index (χ1v) is 10.7. The maximum Gasteiger partial charge on any atom is 0.338 e. The van der Waals surface area contributed by atoms with Gasteiger partial charge < -0.3 is 14.6 Å². The minimum atomic E-state index is -0.978. The molecular formula is C27H26O6. The third-order valence-electron chi connectivity index (χ3n) is 5.12. The van der Waals surface area contributed by atoms with Crippen molar-refractivity contribution in [3.05, 3.63) is 107 Å². The predicted octanol–water partition coefficient (Wildman–Crippen LogP) is 4.81. The van der Waals surface area contributed by atoms with Gasteiger partial charge in [0.15, 0.2) is 0 Å². The van der Waals surface area contributed by atoms with Crippen molar-refractivity contribution in [1.29, 1.82) is 0 Å². The van der Waals surface area contributed by atoms with Crippen molar-refractivity contribution in [2.45, 2.75) is 32.5 Å². The molecule has 1 unspecified atom stereocenters. The number of benzene rings is 3. The number of carboxylic acid groups (broad SMARTS) is 1. The molecule has 170 valence electrons. The summed E-state index contributed by atoms with van der Waals surface area (Å²) in [5.74, 6) is -2.54. The van der Waals surface area contributed by atoms with Crippen LogP contribution in [0.2, 0.25) is 0 Å². The van der Waals surface area contributed by atoms with Crippen molar-refractivity contribution < 1.29 is 29.0 Å². The Morgan fingerprint density at radius 2 is 1.30 bits per heavy atom. The van der Waals surface area contributed by atoms with Gasteiger partial charge in [-0.1, -0.05) is 72.8 Å². The summed E-state index contributed by atoms with van der Waals surface area (Å²) in [4.78, 5) is 36.3. The molecule has 0 amide bonds. The van der Waals surface area contributed by atoms with Gasteiger partial charge in [0.1, 0.15) is 13.2 Å². The van der Waals surface area contributed by atoms with Crippen LogP contribution in [0.25, 0.3) is 0 Å². The van der Waals surface area contributed by atoms with Gasteiger partial charge in [0.2, 0.25) is 0 Å². The molecule has 0 saturated carbocycles. The highest BCUT2D eigenvalue weighted by Gasteiger charge is 2.22. The summed E-state index contributed by atoms with van der Waals surface area (Å²) in [5, 5.41) is 9.07. The lowest BCUT2D eigenvalue weighted by Gasteiger charge is -2.16. The molecule has 6 heteroatoms. The first-order valence-electron chi connectivity index (χ1n) is 10.7. The van der Waals surface area contributed by atoms with Gasteiger partial charge in [0, 0.05) is 6.42 Å². The molecule has 0 heterocycles. The van der Waals surface area contributed by atoms with Crippen LogP contribution in [0.5, 0.6) is 0 Å². The smallest absolute Gasteiger partial charge is 0.338 e. The number of carbonyl (C=O) groups is 3. The summed E-state index contributed by atoms with van der Waals surface area (Å²) in [7, 11) is 0. The molecule has 0 saturated heterocycles. The second-order valence-corrected chi connectivity index (χ2v) is 7.69. The van der Waals surface area contributed by atoms with Gasteiger partial charge >= 0.3 is 17.9 Å². The Bertz CT molecular complexity index is 1060. The van der Waals surface area contributed by atoms with E-state index in [1.165, 1.54) is 0 Å². The molecule has 0 aliphatic rings. The van der Waals surface area contributed by atoms with Crippen LogP contribution in [-0.2, 0) is 38.7 Å². The van der Waals surface area contributed by atoms with Crippen molar-refractivity contribution in [1.82, 2.24) is 0 Å². The van der Waals surface area contributed by atoms with E-state index >= 15 is 0 Å². The van der Waals surface area contributed by atoms with Crippen LogP contribution in [0.1, 0.15) is 39.9 Å². The van der Waals surface area contributed by atoms with Gasteiger partial charge in [0.25, 0.3) is 0 Å². The maximum absolute atomic E-state index is 12.7. The Balaban J connectivity index is 1.63. The fourth-order valence-electron chi connectivity index (χ4n) is 3.36. The largest absolute Gasteiger partial charge is 0.481 e. The van der Waals surface area contributed by atoms with E-state index in [0.717, 1.165) is 16.7 Å². The molecule has 33 heavy (non-hydrogen) atoms. The summed E-state index contributed by atoms with van der Waals surface area (Å²) in [5.41, 5.74) is 2.84. The SMILES string of the molecule is O=C(O)CCC(Cc1cccc(C(=O)OCc2ccccc2)c1)C(=O)OCc1ccccc1. The molecule has 0 fully saturated rings. The quantitative estimate of drug-likeness (QED) is 0.425. The molecule has 0 bridgehead atoms. The third-order valence-corrected chi connectivity index (χ3v) is 5.12. The number of aliphatic carboxylic acids is 1. The Morgan fingerprint density at radius 1 is 0.727 bits per heavy atom. The van der Waals surface area contributed by atoms with E-state index in [1.54, 1.807) is 24.3 Å². The third kappa shape index (κ3) is 7.92. The van der Waals surface area contributed by atoms with Gasteiger partial charge in [0.05, 0.1) is 11.5 Å². The van der Waals surface area contributed by atoms with Crippen LogP contribution in [-0.4, -0.2) is 23.0 Å². The number of carboxylic acids is 1. The lowest BCUT2D eigenvalue weighted by atomic mass is 9.94. The van der Waals surface area contributed by atoms with E-state index in [-0.39, 0.29) is 32.5 Å². The van der Waals surface area contributed by atoms with Crippen LogP contribution >= 0.6 is 0 Å². The maximum atomic E-state index is 12.7. The Kier molecular flexibility index (Phi) is 8.77. The lowest BCUT2D eigenvalue weighted by Crippen LogP contribution is -2.21. The van der Waals surface area contributed by atoms with E-state index in [2.05, 4.69) is 0 Å². The molecule has 0 aromatic heterocycles. The molecule has 1 N–H and O–H groups in total. The predicted molar refractivity (Wildman–Crippen MR) is 122 cm³/mol. The summed E-state index contributed by atoms with van der Waals surface area (Å²) < 4.78 is 10.8. The van der Waals surface area contributed by atoms with Crippen LogP contribution in [0.15, 0.2) is 84.9 Å². The molecular weight excluding hydrogens is 420 g/mol. The van der Waals surface area contributed by atoms with Crippen LogP contribution < -0.4 is 0 Å². The highest BCUT2D eigenvalue weighted by atomic mass is 16.5. The average molecular weight is 446 g/mol. The van der Waals surface area contributed by atoms with Crippen molar-refractivity contribution in [3.8, 4) is 0 Å². The topological polar surface area (TPSA) is 89.9 Å². The van der Waals surface area contributed by atoms with Gasteiger partial charge in [-0.3, -0.25) is 9.59 Å². The van der Waals surface area contributed by atoms with E-state index in [0.29, 0.717) is 5.56 Å². The van der Waals surface area contributed by atoms with Crippen molar-refractivity contribution in [2.75, 3.05) is 0 Å². The Morgan fingerprint density at radius 3 is 1.91 bits per heavy atom. The molecule has 3 rings (SSSR count). The number of hydrogen-bond acceptors (Lipinski definition) is 5. The Labute approximate surface area is 192 Å². The molecule has 0 aliphatic heterocycles. The van der Waals surface area contributed by atoms with Crippen molar-refractivity contribution in [2.24, 2.45) is 5.92 Å². The van der Waals surface area contributed by atoms with Gasteiger partial charge in [-0.25, -0.2) is 4.79 Å². The number of hydrogen-bond donors (Lipinski definition) is 1. The summed E-state index contributed by atoms with van der Waals surface area (Å²) >= 11 is 0. The zero-order valence-corrected chi connectivity index (χ0v) is 18.2. The number of esters is 2. The average Bonchev–Trinajstić information content (AvgIpc) is 2.85. The van der Waals surface area contributed by atoms with Gasteiger partial charge in [-0.05, 0) is 41.7 Å². The molecule has 0 spiro atoms. The monoisotopic (exact) mass is 446 g/mol. The molecule has 3 aromatic rings. The lowest BCUT2D eigenvalue weighted by molar-refractivity contribution is -0.150. The van der Waals surface area contributed by atoms with E-state index in [1.807, 2.05) is 60.7 Å². The number of rotatable bonds is 11. The second kappa shape index (κ2) is 12.2. The highest BCUT2D eigenvalue weighted by Crippen LogP contribution is 2.19. The standard InChI is InChI=1S/C27H26O6/c28-25(29)15-14-24(27(31)33-19-21-10-5-2-6-11-21)17-22-12-7-13-23(16-22)26(30)32-18-20-8-3-1-4-9-20/h1-13,16,24H,14-15,17-19H2,(H,28,29). The zero-order valence-electron chi connectivity index (χ0n) is 18.2. The van der Waals surface area contributed by atoms with Crippen LogP contribution in [0.4, 0.5) is 0 Å². The number of carbonyl (C=O) groups excluding carboxylic acids is 2. The van der Waals surface area contributed by atoms with Crippen LogP contribution in [0, 0.1) is 5.92 Å². The first-order chi connectivity index (χ1) is 16.0. The molecule has 3 aromatic carbocycles. The summed E-state index contributed by atoms with van der Waals surface area (Å²) in [6, 6.07) is 25.5. The van der Waals surface area contributed by atoms with E-state index in [4.69, 9.17) is 14.6 Å². The van der Waals surface area contributed by atoms with Gasteiger partial charge in [-0.15, -0.1) is 0 Å². The minimum Gasteiger partial charge on any atom is -0.481 e. The summed E-state index contributed by atoms with van der Waals surface area (Å²) in [6.45, 7) is 0.284. The van der Waals surface area contributed by atoms with Gasteiger partial charge in [-0.2, -0.15) is 0 Å². The van der Waals surface area contributed by atoms with Crippen LogP contribution in [0.3, 0.4) is 0 Å². The van der Waals surface area contributed by atoms with E-state index < -0.39 is 23.8 Å². The van der Waals surface area contributed by atoms with E-state index in [9.17, 15) is 14.4 Å². The fourth-order valence-corrected chi connectivity index (χ4v) is 3.36. The Hall–Kier alpha value is -3.93. The molecule has 0 aliphatic carbocycles. The number of ether oxygens (including phenoxy) is 2. The zero-order chi connectivity index (χ0) is 23.5.